The Morgan fingerprint density at radius 2 is 1.59 bits per heavy atom. The molecule has 3 N–H and O–H groups in total. The van der Waals surface area contributed by atoms with Gasteiger partial charge >= 0.3 is 6.03 Å². The van der Waals surface area contributed by atoms with Crippen LogP contribution in [0.4, 0.5) is 16.2 Å². The van der Waals surface area contributed by atoms with Gasteiger partial charge in [0, 0.05) is 56.2 Å². The molecule has 2 saturated heterocycles. The van der Waals surface area contributed by atoms with Crippen LogP contribution in [0.3, 0.4) is 0 Å². The highest BCUT2D eigenvalue weighted by atomic mass is 16.2. The van der Waals surface area contributed by atoms with Gasteiger partial charge in [-0.15, -0.1) is 0 Å². The number of carbonyl (C=O) groups is 2. The number of likely N-dealkylation sites (tertiary alicyclic amines) is 1. The summed E-state index contributed by atoms with van der Waals surface area (Å²) in [6, 6.07) is 5.53. The number of nitrogens with one attached hydrogen (secondary N) is 1. The Labute approximate surface area is 161 Å². The number of rotatable bonds is 2. The van der Waals surface area contributed by atoms with Crippen molar-refractivity contribution in [2.45, 2.75) is 39.2 Å². The molecule has 1 aromatic carbocycles. The number of carbonyl (C=O) groups excluding carboxylic acids is 2. The second-order valence-corrected chi connectivity index (χ2v) is 8.43. The van der Waals surface area contributed by atoms with Gasteiger partial charge in [-0.1, -0.05) is 0 Å². The maximum atomic E-state index is 13.0. The molecule has 0 unspecified atom stereocenters. The smallest absolute Gasteiger partial charge is 0.317 e. The molecule has 7 heteroatoms. The molecule has 1 aromatic rings. The SMILES string of the molecule is CC(C)(C)NC(=O)N1CCN(c2ccc(N)cc2C(=O)N2CCCC2)CC1. The minimum Gasteiger partial charge on any atom is -0.399 e. The molecule has 2 fully saturated rings. The normalized spacial score (nSPS) is 18.0. The van der Waals surface area contributed by atoms with Crippen LogP contribution >= 0.6 is 0 Å². The molecule has 7 nitrogen and oxygen atoms in total. The van der Waals surface area contributed by atoms with E-state index in [0.29, 0.717) is 37.4 Å². The van der Waals surface area contributed by atoms with E-state index < -0.39 is 0 Å². The lowest BCUT2D eigenvalue weighted by atomic mass is 10.1. The summed E-state index contributed by atoms with van der Waals surface area (Å²) >= 11 is 0. The van der Waals surface area contributed by atoms with E-state index >= 15 is 0 Å². The van der Waals surface area contributed by atoms with Crippen LogP contribution in [0.1, 0.15) is 44.0 Å². The van der Waals surface area contributed by atoms with Gasteiger partial charge in [-0.05, 0) is 51.8 Å². The van der Waals surface area contributed by atoms with Gasteiger partial charge in [-0.3, -0.25) is 4.79 Å². The van der Waals surface area contributed by atoms with E-state index in [-0.39, 0.29) is 17.5 Å². The van der Waals surface area contributed by atoms with Crippen molar-refractivity contribution in [3.63, 3.8) is 0 Å². The highest BCUT2D eigenvalue weighted by molar-refractivity contribution is 6.01. The molecule has 0 bridgehead atoms. The first kappa shape index (κ1) is 19.3. The molecule has 3 amide bonds. The average Bonchev–Trinajstić information content (AvgIpc) is 3.14. The minimum absolute atomic E-state index is 0.0344. The van der Waals surface area contributed by atoms with Gasteiger partial charge in [0.05, 0.1) is 5.56 Å². The number of anilines is 2. The molecule has 148 valence electrons. The van der Waals surface area contributed by atoms with Crippen LogP contribution in [0, 0.1) is 0 Å². The lowest BCUT2D eigenvalue weighted by Crippen LogP contribution is -2.55. The molecular weight excluding hydrogens is 342 g/mol. The van der Waals surface area contributed by atoms with Gasteiger partial charge in [0.1, 0.15) is 0 Å². The lowest BCUT2D eigenvalue weighted by molar-refractivity contribution is 0.0793. The molecule has 0 spiro atoms. The Bertz CT molecular complexity index is 699. The molecule has 0 saturated carbocycles. The van der Waals surface area contributed by atoms with Crippen LogP contribution in [0.15, 0.2) is 18.2 Å². The van der Waals surface area contributed by atoms with E-state index in [0.717, 1.165) is 31.6 Å². The number of hydrogen-bond donors (Lipinski definition) is 2. The third-order valence-corrected chi connectivity index (χ3v) is 5.03. The molecule has 0 radical (unpaired) electrons. The van der Waals surface area contributed by atoms with Crippen LogP contribution < -0.4 is 16.0 Å². The summed E-state index contributed by atoms with van der Waals surface area (Å²) in [5.41, 5.74) is 7.90. The average molecular weight is 374 g/mol. The molecule has 0 aromatic heterocycles. The molecule has 0 atom stereocenters. The van der Waals surface area contributed by atoms with Crippen molar-refractivity contribution < 1.29 is 9.59 Å². The Morgan fingerprint density at radius 1 is 0.963 bits per heavy atom. The third kappa shape index (κ3) is 4.64. The van der Waals surface area contributed by atoms with Crippen LogP contribution in [0.25, 0.3) is 0 Å². The fraction of sp³-hybridized carbons (Fsp3) is 0.600. The molecule has 2 heterocycles. The van der Waals surface area contributed by atoms with Crippen LogP contribution in [0.2, 0.25) is 0 Å². The van der Waals surface area contributed by atoms with Crippen molar-refractivity contribution in [2.75, 3.05) is 49.9 Å². The van der Waals surface area contributed by atoms with E-state index in [4.69, 9.17) is 5.73 Å². The van der Waals surface area contributed by atoms with Crippen LogP contribution in [-0.4, -0.2) is 66.5 Å². The van der Waals surface area contributed by atoms with Gasteiger partial charge < -0.3 is 25.8 Å². The zero-order chi connectivity index (χ0) is 19.6. The van der Waals surface area contributed by atoms with E-state index in [1.165, 1.54) is 0 Å². The molecule has 3 rings (SSSR count). The summed E-state index contributed by atoms with van der Waals surface area (Å²) in [7, 11) is 0. The Kier molecular flexibility index (Phi) is 5.48. The number of urea groups is 1. The van der Waals surface area contributed by atoms with Crippen molar-refractivity contribution in [2.24, 2.45) is 0 Å². The van der Waals surface area contributed by atoms with Crippen LogP contribution in [-0.2, 0) is 0 Å². The fourth-order valence-corrected chi connectivity index (χ4v) is 3.64. The molecule has 2 aliphatic rings. The maximum absolute atomic E-state index is 13.0. The van der Waals surface area contributed by atoms with E-state index in [2.05, 4.69) is 10.2 Å². The lowest BCUT2D eigenvalue weighted by Gasteiger charge is -2.38. The van der Waals surface area contributed by atoms with Crippen molar-refractivity contribution in [1.29, 1.82) is 0 Å². The van der Waals surface area contributed by atoms with Gasteiger partial charge in [0.25, 0.3) is 5.91 Å². The van der Waals surface area contributed by atoms with E-state index in [1.54, 1.807) is 6.07 Å². The fourth-order valence-electron chi connectivity index (χ4n) is 3.64. The topological polar surface area (TPSA) is 81.9 Å². The monoisotopic (exact) mass is 373 g/mol. The standard InChI is InChI=1S/C20H31N5O2/c1-20(2,3)22-19(27)25-12-10-23(11-13-25)17-7-6-15(21)14-16(17)18(26)24-8-4-5-9-24/h6-7,14H,4-5,8-13,21H2,1-3H3,(H,22,27). The zero-order valence-electron chi connectivity index (χ0n) is 16.6. The quantitative estimate of drug-likeness (QED) is 0.778. The number of benzene rings is 1. The summed E-state index contributed by atoms with van der Waals surface area (Å²) in [5, 5.41) is 3.01. The first-order valence-corrected chi connectivity index (χ1v) is 9.75. The van der Waals surface area contributed by atoms with E-state index in [9.17, 15) is 9.59 Å². The maximum Gasteiger partial charge on any atom is 0.317 e. The molecule has 0 aliphatic carbocycles. The van der Waals surface area contributed by atoms with Gasteiger partial charge in [-0.25, -0.2) is 4.79 Å². The predicted octanol–water partition coefficient (Wildman–Crippen LogP) is 2.13. The Hall–Kier alpha value is -2.44. The Balaban J connectivity index is 1.71. The molecule has 2 aliphatic heterocycles. The zero-order valence-corrected chi connectivity index (χ0v) is 16.6. The number of nitrogens with zero attached hydrogens (tertiary/aromatic N) is 3. The predicted molar refractivity (Wildman–Crippen MR) is 108 cm³/mol. The number of amides is 3. The highest BCUT2D eigenvalue weighted by Gasteiger charge is 2.28. The minimum atomic E-state index is -0.250. The highest BCUT2D eigenvalue weighted by Crippen LogP contribution is 2.27. The van der Waals surface area contributed by atoms with Gasteiger partial charge in [-0.2, -0.15) is 0 Å². The second kappa shape index (κ2) is 7.66. The summed E-state index contributed by atoms with van der Waals surface area (Å²) in [6.45, 7) is 10.2. The summed E-state index contributed by atoms with van der Waals surface area (Å²) in [4.78, 5) is 31.3. The van der Waals surface area contributed by atoms with Gasteiger partial charge in [0.2, 0.25) is 0 Å². The van der Waals surface area contributed by atoms with Crippen molar-refractivity contribution >= 4 is 23.3 Å². The number of nitrogen functional groups attached to an aromatic ring is 1. The van der Waals surface area contributed by atoms with Crippen LogP contribution in [0.5, 0.6) is 0 Å². The van der Waals surface area contributed by atoms with Crippen molar-refractivity contribution in [1.82, 2.24) is 15.1 Å². The van der Waals surface area contributed by atoms with Crippen molar-refractivity contribution in [3.05, 3.63) is 23.8 Å². The Morgan fingerprint density at radius 3 is 2.19 bits per heavy atom. The third-order valence-electron chi connectivity index (χ3n) is 5.03. The summed E-state index contributed by atoms with van der Waals surface area (Å²) in [6.07, 6.45) is 2.12. The second-order valence-electron chi connectivity index (χ2n) is 8.43. The first-order chi connectivity index (χ1) is 12.7. The summed E-state index contributed by atoms with van der Waals surface area (Å²) in [5.74, 6) is 0.0581. The molecular formula is C20H31N5O2. The van der Waals surface area contributed by atoms with Crippen molar-refractivity contribution in [3.8, 4) is 0 Å². The summed E-state index contributed by atoms with van der Waals surface area (Å²) < 4.78 is 0. The van der Waals surface area contributed by atoms with Gasteiger partial charge in [0.15, 0.2) is 0 Å². The number of nitrogens with two attached hydrogens (primary N) is 1. The first-order valence-electron chi connectivity index (χ1n) is 9.75. The largest absolute Gasteiger partial charge is 0.399 e. The number of hydrogen-bond acceptors (Lipinski definition) is 4. The molecule has 27 heavy (non-hydrogen) atoms. The number of piperazine rings is 1. The van der Waals surface area contributed by atoms with E-state index in [1.807, 2.05) is 42.7 Å².